The van der Waals surface area contributed by atoms with Crippen molar-refractivity contribution < 1.29 is 0 Å². The van der Waals surface area contributed by atoms with Gasteiger partial charge < -0.3 is 0 Å². The molecule has 0 aliphatic heterocycles. The number of halogens is 2. The maximum atomic E-state index is 5.68. The molecule has 0 nitrogen and oxygen atoms in total. The van der Waals surface area contributed by atoms with Gasteiger partial charge in [0.25, 0.3) is 0 Å². The van der Waals surface area contributed by atoms with Crippen molar-refractivity contribution in [3.05, 3.63) is 27.7 Å². The second kappa shape index (κ2) is 2.95. The normalized spacial score (nSPS) is 9.67. The van der Waals surface area contributed by atoms with Crippen LogP contribution in [0.5, 0.6) is 0 Å². The molecule has 0 spiro atoms. The molecule has 48 valence electrons. The third-order valence-electron chi connectivity index (χ3n) is 0.908. The van der Waals surface area contributed by atoms with Gasteiger partial charge in [-0.25, -0.2) is 0 Å². The third-order valence-corrected chi connectivity index (χ3v) is 2.23. The van der Waals surface area contributed by atoms with Crippen LogP contribution in [0, 0.1) is 0 Å². The zero-order chi connectivity index (χ0) is 6.85. The lowest BCUT2D eigenvalue weighted by Gasteiger charge is -1.94. The zero-order valence-electron chi connectivity index (χ0n) is 4.44. The fourth-order valence-corrected chi connectivity index (χ4v) is 1.35. The molecule has 0 bridgehead atoms. The number of benzene rings is 1. The molecular formula is C6H4BrClS. The van der Waals surface area contributed by atoms with E-state index in [1.54, 1.807) is 6.07 Å². The summed E-state index contributed by atoms with van der Waals surface area (Å²) in [6, 6.07) is 5.53. The fraction of sp³-hybridized carbons (Fsp3) is 0. The molecule has 0 heterocycles. The molecule has 0 radical (unpaired) electrons. The molecule has 0 N–H and O–H groups in total. The Morgan fingerprint density at radius 1 is 1.44 bits per heavy atom. The smallest absolute Gasteiger partial charge is 0.0540 e. The largest absolute Gasteiger partial charge is 0.142 e. The topological polar surface area (TPSA) is 0 Å². The summed E-state index contributed by atoms with van der Waals surface area (Å²) < 4.78 is 0.997. The van der Waals surface area contributed by atoms with E-state index in [-0.39, 0.29) is 0 Å². The highest BCUT2D eigenvalue weighted by Gasteiger charge is 1.93. The molecule has 0 fully saturated rings. The number of thiol groups is 1. The quantitative estimate of drug-likeness (QED) is 0.641. The maximum Gasteiger partial charge on any atom is 0.0540 e. The Labute approximate surface area is 72.8 Å². The lowest BCUT2D eigenvalue weighted by Crippen LogP contribution is -1.68. The second-order valence-corrected chi connectivity index (χ2v) is 3.40. The summed E-state index contributed by atoms with van der Waals surface area (Å²) in [6.45, 7) is 0. The SMILES string of the molecule is Sc1cc(Br)ccc1Cl. The minimum absolute atomic E-state index is 0.682. The van der Waals surface area contributed by atoms with Gasteiger partial charge in [-0.2, -0.15) is 0 Å². The Hall–Kier alpha value is 0.340. The predicted octanol–water partition coefficient (Wildman–Crippen LogP) is 3.39. The summed E-state index contributed by atoms with van der Waals surface area (Å²) in [5.41, 5.74) is 0. The van der Waals surface area contributed by atoms with Crippen molar-refractivity contribution in [3.8, 4) is 0 Å². The van der Waals surface area contributed by atoms with E-state index in [1.807, 2.05) is 12.1 Å². The lowest BCUT2D eigenvalue weighted by molar-refractivity contribution is 1.45. The predicted molar refractivity (Wildman–Crippen MR) is 46.4 cm³/mol. The second-order valence-electron chi connectivity index (χ2n) is 1.60. The van der Waals surface area contributed by atoms with Gasteiger partial charge in [-0.15, -0.1) is 12.6 Å². The van der Waals surface area contributed by atoms with E-state index < -0.39 is 0 Å². The monoisotopic (exact) mass is 222 g/mol. The van der Waals surface area contributed by atoms with Gasteiger partial charge in [-0.05, 0) is 18.2 Å². The number of hydrogen-bond donors (Lipinski definition) is 1. The van der Waals surface area contributed by atoms with Crippen LogP contribution in [0.15, 0.2) is 27.6 Å². The van der Waals surface area contributed by atoms with Crippen LogP contribution in [0.25, 0.3) is 0 Å². The van der Waals surface area contributed by atoms with E-state index in [4.69, 9.17) is 11.6 Å². The van der Waals surface area contributed by atoms with E-state index in [0.29, 0.717) is 5.02 Å². The van der Waals surface area contributed by atoms with Crippen molar-refractivity contribution in [1.29, 1.82) is 0 Å². The molecule has 3 heteroatoms. The molecule has 1 aromatic carbocycles. The van der Waals surface area contributed by atoms with E-state index in [2.05, 4.69) is 28.6 Å². The van der Waals surface area contributed by atoms with Crippen molar-refractivity contribution in [1.82, 2.24) is 0 Å². The van der Waals surface area contributed by atoms with Gasteiger partial charge in [0.05, 0.1) is 5.02 Å². The first-order valence-corrected chi connectivity index (χ1v) is 3.96. The van der Waals surface area contributed by atoms with Crippen LogP contribution in [0.3, 0.4) is 0 Å². The minimum Gasteiger partial charge on any atom is -0.142 e. The number of hydrogen-bond acceptors (Lipinski definition) is 1. The fourth-order valence-electron chi connectivity index (χ4n) is 0.486. The van der Waals surface area contributed by atoms with Crippen molar-refractivity contribution in [2.24, 2.45) is 0 Å². The Kier molecular flexibility index (Phi) is 2.44. The summed E-state index contributed by atoms with van der Waals surface area (Å²) in [5.74, 6) is 0. The standard InChI is InChI=1S/C6H4BrClS/c7-4-1-2-5(8)6(9)3-4/h1-3,9H. The highest BCUT2D eigenvalue weighted by Crippen LogP contribution is 2.23. The molecule has 0 saturated carbocycles. The van der Waals surface area contributed by atoms with Gasteiger partial charge in [-0.1, -0.05) is 27.5 Å². The van der Waals surface area contributed by atoms with Crippen molar-refractivity contribution >= 4 is 40.2 Å². The van der Waals surface area contributed by atoms with Crippen LogP contribution in [-0.4, -0.2) is 0 Å². The molecule has 1 rings (SSSR count). The van der Waals surface area contributed by atoms with Gasteiger partial charge in [0.15, 0.2) is 0 Å². The van der Waals surface area contributed by atoms with Crippen LogP contribution < -0.4 is 0 Å². The molecule has 0 atom stereocenters. The molecule has 0 amide bonds. The summed E-state index contributed by atoms with van der Waals surface area (Å²) in [7, 11) is 0. The van der Waals surface area contributed by atoms with Crippen molar-refractivity contribution in [2.75, 3.05) is 0 Å². The molecule has 0 aliphatic carbocycles. The van der Waals surface area contributed by atoms with Gasteiger partial charge >= 0.3 is 0 Å². The van der Waals surface area contributed by atoms with Crippen LogP contribution >= 0.6 is 40.2 Å². The van der Waals surface area contributed by atoms with Crippen molar-refractivity contribution in [3.63, 3.8) is 0 Å². The molecular weight excluding hydrogens is 219 g/mol. The van der Waals surface area contributed by atoms with E-state index in [0.717, 1.165) is 9.37 Å². The Morgan fingerprint density at radius 3 is 2.56 bits per heavy atom. The summed E-state index contributed by atoms with van der Waals surface area (Å²) in [5, 5.41) is 0.682. The number of rotatable bonds is 0. The third kappa shape index (κ3) is 1.88. The molecule has 0 aromatic heterocycles. The van der Waals surface area contributed by atoms with Gasteiger partial charge in [0.2, 0.25) is 0 Å². The molecule has 0 saturated heterocycles. The average Bonchev–Trinajstić information content (AvgIpc) is 1.80. The van der Waals surface area contributed by atoms with Crippen molar-refractivity contribution in [2.45, 2.75) is 4.90 Å². The highest BCUT2D eigenvalue weighted by atomic mass is 79.9. The zero-order valence-corrected chi connectivity index (χ0v) is 7.67. The van der Waals surface area contributed by atoms with Crippen LogP contribution in [0.2, 0.25) is 5.02 Å². The summed E-state index contributed by atoms with van der Waals surface area (Å²) in [6.07, 6.45) is 0. The molecule has 0 aliphatic rings. The van der Waals surface area contributed by atoms with Crippen LogP contribution in [0.1, 0.15) is 0 Å². The lowest BCUT2D eigenvalue weighted by atomic mass is 10.4. The minimum atomic E-state index is 0.682. The van der Waals surface area contributed by atoms with Gasteiger partial charge in [0.1, 0.15) is 0 Å². The Balaban J connectivity index is 3.17. The van der Waals surface area contributed by atoms with E-state index in [1.165, 1.54) is 0 Å². The molecule has 0 unspecified atom stereocenters. The Bertz CT molecular complexity index is 224. The van der Waals surface area contributed by atoms with E-state index in [9.17, 15) is 0 Å². The first kappa shape index (κ1) is 7.45. The molecule has 1 aromatic rings. The average molecular weight is 224 g/mol. The highest BCUT2D eigenvalue weighted by molar-refractivity contribution is 9.10. The van der Waals surface area contributed by atoms with Gasteiger partial charge in [0, 0.05) is 9.37 Å². The van der Waals surface area contributed by atoms with Gasteiger partial charge in [-0.3, -0.25) is 0 Å². The van der Waals surface area contributed by atoms with E-state index >= 15 is 0 Å². The van der Waals surface area contributed by atoms with Crippen LogP contribution in [-0.2, 0) is 0 Å². The molecule has 9 heavy (non-hydrogen) atoms. The summed E-state index contributed by atoms with van der Waals surface area (Å²) in [4.78, 5) is 0.797. The van der Waals surface area contributed by atoms with Crippen LogP contribution in [0.4, 0.5) is 0 Å². The first-order valence-electron chi connectivity index (χ1n) is 2.34. The Morgan fingerprint density at radius 2 is 2.11 bits per heavy atom. The maximum absolute atomic E-state index is 5.68. The first-order chi connectivity index (χ1) is 4.20. The summed E-state index contributed by atoms with van der Waals surface area (Å²) >= 11 is 13.1.